The van der Waals surface area contributed by atoms with E-state index in [1.807, 2.05) is 0 Å². The van der Waals surface area contributed by atoms with Gasteiger partial charge in [-0.05, 0) is 31.0 Å². The number of Topliss-reactive ketones (excluding diaryl/α,β-unsaturated/α-hetero) is 1. The van der Waals surface area contributed by atoms with E-state index in [4.69, 9.17) is 9.47 Å². The summed E-state index contributed by atoms with van der Waals surface area (Å²) in [5.74, 6) is -0.536. The van der Waals surface area contributed by atoms with Crippen LogP contribution in [0.25, 0.3) is 0 Å². The van der Waals surface area contributed by atoms with Crippen molar-refractivity contribution < 1.29 is 29.3 Å². The molecule has 6 nitrogen and oxygen atoms in total. The van der Waals surface area contributed by atoms with E-state index in [0.29, 0.717) is 18.4 Å². The van der Waals surface area contributed by atoms with E-state index >= 15 is 0 Å². The Morgan fingerprint density at radius 2 is 2.14 bits per heavy atom. The molecule has 1 aromatic rings. The van der Waals surface area contributed by atoms with Gasteiger partial charge in [-0.15, -0.1) is 0 Å². The lowest BCUT2D eigenvalue weighted by Gasteiger charge is -2.38. The van der Waals surface area contributed by atoms with Gasteiger partial charge in [0.2, 0.25) is 0 Å². The Bertz CT molecular complexity index is 623. The van der Waals surface area contributed by atoms with E-state index in [2.05, 4.69) is 0 Å². The van der Waals surface area contributed by atoms with Gasteiger partial charge in [0.15, 0.2) is 11.4 Å². The normalized spacial score (nSPS) is 28.0. The molecule has 3 rings (SSSR count). The number of hydrogen-bond acceptors (Lipinski definition) is 6. The summed E-state index contributed by atoms with van der Waals surface area (Å²) in [6.45, 7) is 1.45. The molecular weight excluding hydrogens is 276 g/mol. The Kier molecular flexibility index (Phi) is 3.13. The number of hydrogen-bond donors (Lipinski definition) is 2. The van der Waals surface area contributed by atoms with E-state index in [0.717, 1.165) is 0 Å². The summed E-state index contributed by atoms with van der Waals surface area (Å²) < 4.78 is 11.1. The minimum absolute atomic E-state index is 0.0317. The molecule has 2 heterocycles. The predicted octanol–water partition coefficient (Wildman–Crippen LogP) is 1.31. The average molecular weight is 292 g/mol. The Morgan fingerprint density at radius 1 is 1.38 bits per heavy atom. The summed E-state index contributed by atoms with van der Waals surface area (Å²) in [5, 5.41) is 19.1. The standard InChI is InChI=1S/C15H16O6/c1-15(12-2-3-13(19)20-12)6-10(18)14-9(17)4-8(7-16)5-11(14)21-15/h4-5,12,16-17H,2-3,6-7H2,1H3/t12-,15-/m1/s1. The topological polar surface area (TPSA) is 93.1 Å². The molecule has 2 aliphatic rings. The minimum Gasteiger partial charge on any atom is -0.507 e. The molecule has 0 saturated carbocycles. The third kappa shape index (κ3) is 2.25. The molecule has 0 amide bonds. The lowest BCUT2D eigenvalue weighted by Crippen LogP contribution is -2.49. The molecule has 2 N–H and O–H groups in total. The highest BCUT2D eigenvalue weighted by atomic mass is 16.6. The maximum atomic E-state index is 12.3. The molecule has 0 radical (unpaired) electrons. The highest BCUT2D eigenvalue weighted by molar-refractivity contribution is 6.03. The first-order chi connectivity index (χ1) is 9.93. The van der Waals surface area contributed by atoms with E-state index in [1.54, 1.807) is 6.92 Å². The minimum atomic E-state index is -0.948. The van der Waals surface area contributed by atoms with Gasteiger partial charge in [-0.2, -0.15) is 0 Å². The molecule has 1 fully saturated rings. The fourth-order valence-electron chi connectivity index (χ4n) is 2.94. The van der Waals surface area contributed by atoms with Crippen LogP contribution in [0.1, 0.15) is 42.1 Å². The molecule has 0 bridgehead atoms. The van der Waals surface area contributed by atoms with E-state index < -0.39 is 11.7 Å². The van der Waals surface area contributed by atoms with Crippen LogP contribution in [0.2, 0.25) is 0 Å². The number of rotatable bonds is 2. The molecule has 0 unspecified atom stereocenters. The van der Waals surface area contributed by atoms with Gasteiger partial charge in [0.05, 0.1) is 13.0 Å². The van der Waals surface area contributed by atoms with Crippen molar-refractivity contribution in [3.05, 3.63) is 23.3 Å². The number of fused-ring (bicyclic) bond motifs is 1. The number of aliphatic hydroxyl groups excluding tert-OH is 1. The van der Waals surface area contributed by atoms with Crippen LogP contribution in [0.4, 0.5) is 0 Å². The van der Waals surface area contributed by atoms with Crippen LogP contribution in [0.5, 0.6) is 11.5 Å². The van der Waals surface area contributed by atoms with Crippen molar-refractivity contribution in [3.8, 4) is 11.5 Å². The van der Waals surface area contributed by atoms with E-state index in [-0.39, 0.29) is 41.8 Å². The number of carbonyl (C=O) groups excluding carboxylic acids is 2. The number of ether oxygens (including phenoxy) is 2. The Hall–Kier alpha value is -2.08. The molecule has 112 valence electrons. The fourth-order valence-corrected chi connectivity index (χ4v) is 2.94. The van der Waals surface area contributed by atoms with Crippen LogP contribution in [0, 0.1) is 0 Å². The SMILES string of the molecule is C[C@]1([C@H]2CCC(=O)O2)CC(=O)c2c(O)cc(CO)cc2O1. The molecule has 1 saturated heterocycles. The zero-order valence-electron chi connectivity index (χ0n) is 11.6. The van der Waals surface area contributed by atoms with Gasteiger partial charge in [0.1, 0.15) is 23.2 Å². The van der Waals surface area contributed by atoms with Gasteiger partial charge < -0.3 is 19.7 Å². The first-order valence-corrected chi connectivity index (χ1v) is 6.81. The molecule has 2 aliphatic heterocycles. The molecule has 0 spiro atoms. The van der Waals surface area contributed by atoms with Crippen molar-refractivity contribution in [2.24, 2.45) is 0 Å². The third-order valence-electron chi connectivity index (χ3n) is 4.02. The van der Waals surface area contributed by atoms with E-state index in [1.165, 1.54) is 12.1 Å². The number of phenols is 1. The Morgan fingerprint density at radius 3 is 2.76 bits per heavy atom. The van der Waals surface area contributed by atoms with Gasteiger partial charge in [-0.1, -0.05) is 0 Å². The lowest BCUT2D eigenvalue weighted by molar-refractivity contribution is -0.149. The maximum absolute atomic E-state index is 12.3. The Balaban J connectivity index is 1.99. The first-order valence-electron chi connectivity index (χ1n) is 6.81. The highest BCUT2D eigenvalue weighted by Gasteiger charge is 2.48. The molecule has 1 aromatic carbocycles. The smallest absolute Gasteiger partial charge is 0.306 e. The van der Waals surface area contributed by atoms with Crippen LogP contribution in [0.3, 0.4) is 0 Å². The second-order valence-electron chi connectivity index (χ2n) is 5.68. The first kappa shape index (κ1) is 13.9. The molecule has 2 atom stereocenters. The Labute approximate surface area is 121 Å². The summed E-state index contributed by atoms with van der Waals surface area (Å²) in [6, 6.07) is 2.87. The van der Waals surface area contributed by atoms with E-state index in [9.17, 15) is 19.8 Å². The summed E-state index contributed by atoms with van der Waals surface area (Å²) in [4.78, 5) is 23.6. The summed E-state index contributed by atoms with van der Waals surface area (Å²) >= 11 is 0. The van der Waals surface area contributed by atoms with Crippen molar-refractivity contribution in [2.45, 2.75) is 44.5 Å². The molecule has 0 aromatic heterocycles. The van der Waals surface area contributed by atoms with Crippen molar-refractivity contribution in [3.63, 3.8) is 0 Å². The zero-order chi connectivity index (χ0) is 15.2. The number of cyclic esters (lactones) is 1. The fraction of sp³-hybridized carbons (Fsp3) is 0.467. The quantitative estimate of drug-likeness (QED) is 0.798. The van der Waals surface area contributed by atoms with Crippen LogP contribution >= 0.6 is 0 Å². The molecule has 6 heteroatoms. The number of aromatic hydroxyl groups is 1. The van der Waals surface area contributed by atoms with Crippen LogP contribution < -0.4 is 4.74 Å². The largest absolute Gasteiger partial charge is 0.507 e. The third-order valence-corrected chi connectivity index (χ3v) is 4.02. The lowest BCUT2D eigenvalue weighted by atomic mass is 9.85. The predicted molar refractivity (Wildman–Crippen MR) is 71.1 cm³/mol. The van der Waals surface area contributed by atoms with Crippen molar-refractivity contribution in [2.75, 3.05) is 0 Å². The van der Waals surface area contributed by atoms with Gasteiger partial charge in [0.25, 0.3) is 0 Å². The van der Waals surface area contributed by atoms with Gasteiger partial charge in [0, 0.05) is 6.42 Å². The van der Waals surface area contributed by atoms with Crippen molar-refractivity contribution in [1.29, 1.82) is 0 Å². The second kappa shape index (κ2) is 4.73. The van der Waals surface area contributed by atoms with Crippen LogP contribution in [-0.4, -0.2) is 33.7 Å². The van der Waals surface area contributed by atoms with Gasteiger partial charge in [-0.3, -0.25) is 9.59 Å². The maximum Gasteiger partial charge on any atom is 0.306 e. The highest BCUT2D eigenvalue weighted by Crippen LogP contribution is 2.42. The number of ketones is 1. The van der Waals surface area contributed by atoms with Crippen LogP contribution in [0.15, 0.2) is 12.1 Å². The summed E-state index contributed by atoms with van der Waals surface area (Å²) in [5.41, 5.74) is -0.378. The van der Waals surface area contributed by atoms with Gasteiger partial charge >= 0.3 is 5.97 Å². The number of benzene rings is 1. The summed E-state index contributed by atoms with van der Waals surface area (Å²) in [6.07, 6.45) is 0.363. The second-order valence-corrected chi connectivity index (χ2v) is 5.68. The molecule has 21 heavy (non-hydrogen) atoms. The monoisotopic (exact) mass is 292 g/mol. The summed E-state index contributed by atoms with van der Waals surface area (Å²) in [7, 11) is 0. The number of phenolic OH excluding ortho intramolecular Hbond substituents is 1. The van der Waals surface area contributed by atoms with Crippen molar-refractivity contribution >= 4 is 11.8 Å². The molecular formula is C15H16O6. The number of esters is 1. The number of carbonyl (C=O) groups is 2. The van der Waals surface area contributed by atoms with Crippen molar-refractivity contribution in [1.82, 2.24) is 0 Å². The average Bonchev–Trinajstić information content (AvgIpc) is 2.84. The zero-order valence-corrected chi connectivity index (χ0v) is 11.6. The van der Waals surface area contributed by atoms with Crippen LogP contribution in [-0.2, 0) is 16.1 Å². The number of aliphatic hydroxyl groups is 1. The van der Waals surface area contributed by atoms with Gasteiger partial charge in [-0.25, -0.2) is 0 Å². The molecule has 0 aliphatic carbocycles.